The van der Waals surface area contributed by atoms with Crippen LogP contribution < -0.4 is 0 Å². The molecule has 0 aromatic heterocycles. The van der Waals surface area contributed by atoms with E-state index in [9.17, 15) is 0 Å². The molecule has 0 aromatic rings. The summed E-state index contributed by atoms with van der Waals surface area (Å²) in [4.78, 5) is 0. The zero-order valence-corrected chi connectivity index (χ0v) is 8.21. The highest BCUT2D eigenvalue weighted by molar-refractivity contribution is 4.71. The maximum absolute atomic E-state index is 5.64. The van der Waals surface area contributed by atoms with Crippen molar-refractivity contribution in [2.24, 2.45) is 0 Å². The zero-order valence-electron chi connectivity index (χ0n) is 8.21. The SMILES string of the molecule is CCCCOC(C)C1CCCO1. The predicted molar refractivity (Wildman–Crippen MR) is 49.3 cm³/mol. The molecule has 1 aliphatic rings. The summed E-state index contributed by atoms with van der Waals surface area (Å²) in [5, 5.41) is 0. The Kier molecular flexibility index (Phi) is 4.62. The molecule has 0 N–H and O–H groups in total. The highest BCUT2D eigenvalue weighted by Gasteiger charge is 2.22. The van der Waals surface area contributed by atoms with E-state index in [-0.39, 0.29) is 0 Å². The Balaban J connectivity index is 2.05. The molecule has 12 heavy (non-hydrogen) atoms. The molecule has 2 heteroatoms. The van der Waals surface area contributed by atoms with E-state index in [1.54, 1.807) is 0 Å². The molecule has 2 nitrogen and oxygen atoms in total. The summed E-state index contributed by atoms with van der Waals surface area (Å²) in [5.41, 5.74) is 0. The van der Waals surface area contributed by atoms with E-state index in [2.05, 4.69) is 13.8 Å². The van der Waals surface area contributed by atoms with Crippen LogP contribution >= 0.6 is 0 Å². The molecular weight excluding hydrogens is 152 g/mol. The first-order valence-corrected chi connectivity index (χ1v) is 5.07. The predicted octanol–water partition coefficient (Wildman–Crippen LogP) is 2.37. The van der Waals surface area contributed by atoms with E-state index >= 15 is 0 Å². The Morgan fingerprint density at radius 2 is 2.42 bits per heavy atom. The molecule has 1 heterocycles. The Labute approximate surface area is 75.2 Å². The van der Waals surface area contributed by atoms with Crippen molar-refractivity contribution in [3.8, 4) is 0 Å². The molecule has 0 aliphatic carbocycles. The molecule has 1 saturated heterocycles. The third kappa shape index (κ3) is 3.11. The highest BCUT2D eigenvalue weighted by Crippen LogP contribution is 2.17. The van der Waals surface area contributed by atoms with Crippen molar-refractivity contribution in [2.75, 3.05) is 13.2 Å². The molecule has 0 spiro atoms. The van der Waals surface area contributed by atoms with Crippen LogP contribution in [0.5, 0.6) is 0 Å². The van der Waals surface area contributed by atoms with E-state index in [0.29, 0.717) is 12.2 Å². The number of unbranched alkanes of at least 4 members (excludes halogenated alkanes) is 1. The van der Waals surface area contributed by atoms with Gasteiger partial charge >= 0.3 is 0 Å². The van der Waals surface area contributed by atoms with Gasteiger partial charge in [0, 0.05) is 13.2 Å². The average Bonchev–Trinajstić information content (AvgIpc) is 2.56. The van der Waals surface area contributed by atoms with E-state index in [4.69, 9.17) is 9.47 Å². The lowest BCUT2D eigenvalue weighted by Gasteiger charge is -2.18. The molecule has 2 atom stereocenters. The lowest BCUT2D eigenvalue weighted by molar-refractivity contribution is -0.0392. The Hall–Kier alpha value is -0.0800. The number of hydrogen-bond acceptors (Lipinski definition) is 2. The van der Waals surface area contributed by atoms with E-state index in [0.717, 1.165) is 19.6 Å². The maximum Gasteiger partial charge on any atom is 0.0834 e. The van der Waals surface area contributed by atoms with Crippen molar-refractivity contribution < 1.29 is 9.47 Å². The van der Waals surface area contributed by atoms with Crippen LogP contribution in [0, 0.1) is 0 Å². The van der Waals surface area contributed by atoms with Gasteiger partial charge in [0.25, 0.3) is 0 Å². The molecule has 1 fully saturated rings. The van der Waals surface area contributed by atoms with Gasteiger partial charge < -0.3 is 9.47 Å². The van der Waals surface area contributed by atoms with Crippen LogP contribution in [0.15, 0.2) is 0 Å². The number of ether oxygens (including phenoxy) is 2. The summed E-state index contributed by atoms with van der Waals surface area (Å²) in [5.74, 6) is 0. The quantitative estimate of drug-likeness (QED) is 0.593. The first-order chi connectivity index (χ1) is 5.84. The van der Waals surface area contributed by atoms with Gasteiger partial charge in [0.2, 0.25) is 0 Å². The molecule has 0 saturated carbocycles. The Bertz CT molecular complexity index is 108. The first-order valence-electron chi connectivity index (χ1n) is 5.07. The summed E-state index contributed by atoms with van der Waals surface area (Å²) in [6.07, 6.45) is 5.40. The van der Waals surface area contributed by atoms with E-state index < -0.39 is 0 Å². The summed E-state index contributed by atoms with van der Waals surface area (Å²) in [7, 11) is 0. The first kappa shape index (κ1) is 10.0. The molecule has 72 valence electrons. The van der Waals surface area contributed by atoms with Crippen molar-refractivity contribution in [1.29, 1.82) is 0 Å². The minimum absolute atomic E-state index is 0.291. The number of hydrogen-bond donors (Lipinski definition) is 0. The van der Waals surface area contributed by atoms with E-state index in [1.165, 1.54) is 19.3 Å². The van der Waals surface area contributed by atoms with Crippen LogP contribution in [-0.2, 0) is 9.47 Å². The summed E-state index contributed by atoms with van der Waals surface area (Å²) >= 11 is 0. The molecule has 0 radical (unpaired) electrons. The summed E-state index contributed by atoms with van der Waals surface area (Å²) in [6.45, 7) is 6.11. The molecule has 2 unspecified atom stereocenters. The van der Waals surface area contributed by atoms with Gasteiger partial charge in [-0.3, -0.25) is 0 Å². The van der Waals surface area contributed by atoms with Crippen LogP contribution in [0.2, 0.25) is 0 Å². The van der Waals surface area contributed by atoms with Crippen LogP contribution in [-0.4, -0.2) is 25.4 Å². The van der Waals surface area contributed by atoms with Gasteiger partial charge in [-0.05, 0) is 26.2 Å². The Morgan fingerprint density at radius 1 is 1.58 bits per heavy atom. The largest absolute Gasteiger partial charge is 0.376 e. The van der Waals surface area contributed by atoms with Crippen LogP contribution in [0.25, 0.3) is 0 Å². The van der Waals surface area contributed by atoms with Crippen LogP contribution in [0.3, 0.4) is 0 Å². The second-order valence-electron chi connectivity index (χ2n) is 3.48. The van der Waals surface area contributed by atoms with Crippen LogP contribution in [0.4, 0.5) is 0 Å². The fraction of sp³-hybridized carbons (Fsp3) is 1.00. The van der Waals surface area contributed by atoms with Crippen molar-refractivity contribution in [2.45, 2.75) is 51.7 Å². The normalized spacial score (nSPS) is 26.0. The van der Waals surface area contributed by atoms with Crippen LogP contribution in [0.1, 0.15) is 39.5 Å². The standard InChI is InChI=1S/C10H20O2/c1-3-4-7-11-9(2)10-6-5-8-12-10/h9-10H,3-8H2,1-2H3. The second kappa shape index (κ2) is 5.55. The summed E-state index contributed by atoms with van der Waals surface area (Å²) < 4.78 is 11.2. The van der Waals surface area contributed by atoms with E-state index in [1.807, 2.05) is 0 Å². The topological polar surface area (TPSA) is 18.5 Å². The zero-order chi connectivity index (χ0) is 8.81. The lowest BCUT2D eigenvalue weighted by Crippen LogP contribution is -2.25. The highest BCUT2D eigenvalue weighted by atomic mass is 16.5. The molecule has 0 amide bonds. The molecular formula is C10H20O2. The van der Waals surface area contributed by atoms with Gasteiger partial charge in [0.05, 0.1) is 12.2 Å². The molecule has 0 bridgehead atoms. The van der Waals surface area contributed by atoms with Crippen molar-refractivity contribution in [3.05, 3.63) is 0 Å². The third-order valence-corrected chi connectivity index (χ3v) is 2.37. The minimum Gasteiger partial charge on any atom is -0.376 e. The second-order valence-corrected chi connectivity index (χ2v) is 3.48. The monoisotopic (exact) mass is 172 g/mol. The maximum atomic E-state index is 5.64. The molecule has 1 aliphatic heterocycles. The van der Waals surface area contributed by atoms with Gasteiger partial charge in [-0.15, -0.1) is 0 Å². The van der Waals surface area contributed by atoms with Crippen molar-refractivity contribution in [3.63, 3.8) is 0 Å². The molecule has 0 aromatic carbocycles. The average molecular weight is 172 g/mol. The number of rotatable bonds is 5. The van der Waals surface area contributed by atoms with Crippen molar-refractivity contribution >= 4 is 0 Å². The lowest BCUT2D eigenvalue weighted by atomic mass is 10.1. The van der Waals surface area contributed by atoms with Gasteiger partial charge in [-0.25, -0.2) is 0 Å². The van der Waals surface area contributed by atoms with Gasteiger partial charge in [-0.2, -0.15) is 0 Å². The van der Waals surface area contributed by atoms with Gasteiger partial charge in [-0.1, -0.05) is 13.3 Å². The fourth-order valence-electron chi connectivity index (χ4n) is 1.49. The Morgan fingerprint density at radius 3 is 3.00 bits per heavy atom. The van der Waals surface area contributed by atoms with Gasteiger partial charge in [0.15, 0.2) is 0 Å². The summed E-state index contributed by atoms with van der Waals surface area (Å²) in [6, 6.07) is 0. The van der Waals surface area contributed by atoms with Crippen molar-refractivity contribution in [1.82, 2.24) is 0 Å². The molecule has 1 rings (SSSR count). The smallest absolute Gasteiger partial charge is 0.0834 e. The minimum atomic E-state index is 0.291. The fourth-order valence-corrected chi connectivity index (χ4v) is 1.49. The van der Waals surface area contributed by atoms with Gasteiger partial charge in [0.1, 0.15) is 0 Å². The third-order valence-electron chi connectivity index (χ3n) is 2.37.